The number of benzene rings is 1. The minimum atomic E-state index is -1.83. The maximum Gasteiger partial charge on any atom is 0.343 e. The molecular weight excluding hydrogens is 458 g/mol. The molecular formula is C28H26N3O5+. The largest absolute Gasteiger partial charge is 0.493 e. The summed E-state index contributed by atoms with van der Waals surface area (Å²) in [6.07, 6.45) is 5.08. The lowest BCUT2D eigenvalue weighted by Gasteiger charge is -2.31. The average molecular weight is 485 g/mol. The molecule has 182 valence electrons. The van der Waals surface area contributed by atoms with Gasteiger partial charge >= 0.3 is 5.97 Å². The smallest absolute Gasteiger partial charge is 0.343 e. The zero-order valence-electron chi connectivity index (χ0n) is 19.9. The van der Waals surface area contributed by atoms with Crippen LogP contribution in [0.25, 0.3) is 22.3 Å². The van der Waals surface area contributed by atoms with Crippen LogP contribution in [-0.4, -0.2) is 27.2 Å². The van der Waals surface area contributed by atoms with Crippen molar-refractivity contribution in [2.45, 2.75) is 45.1 Å². The molecule has 5 heterocycles. The highest BCUT2D eigenvalue weighted by molar-refractivity contribution is 5.87. The monoisotopic (exact) mass is 484 g/mol. The van der Waals surface area contributed by atoms with Crippen LogP contribution >= 0.6 is 0 Å². The minimum absolute atomic E-state index is 0.118. The molecule has 0 fully saturated rings. The van der Waals surface area contributed by atoms with Crippen LogP contribution in [0.15, 0.2) is 65.7 Å². The standard InChI is InChI=1S/C28H26N3O5/c1-2-28(34)22-15-24-25-19(16-31(24)26(32)21(22)17-36-27(28)33)13-18-14-20(7-8-23(18)29-25)35-12-6-11-30-9-4-3-5-10-30/h3-5,7-10,13-15,34H,2,6,11-12,16-17H2,1H3/q+1/t28-/m0/s1. The third-order valence-corrected chi connectivity index (χ3v) is 7.09. The Labute approximate surface area is 207 Å². The number of ether oxygens (including phenoxy) is 2. The first-order valence-corrected chi connectivity index (χ1v) is 12.2. The number of nitrogens with zero attached hydrogens (tertiary/aromatic N) is 3. The number of cyclic esters (lactones) is 1. The maximum absolute atomic E-state index is 13.3. The highest BCUT2D eigenvalue weighted by atomic mass is 16.6. The van der Waals surface area contributed by atoms with Gasteiger partial charge in [0.1, 0.15) is 12.4 Å². The van der Waals surface area contributed by atoms with Gasteiger partial charge in [-0.25, -0.2) is 14.3 Å². The summed E-state index contributed by atoms with van der Waals surface area (Å²) in [6, 6.07) is 15.6. The number of fused-ring (bicyclic) bond motifs is 5. The van der Waals surface area contributed by atoms with Crippen LogP contribution in [0.1, 0.15) is 36.5 Å². The van der Waals surface area contributed by atoms with Crippen molar-refractivity contribution in [1.29, 1.82) is 0 Å². The number of aryl methyl sites for hydroxylation is 1. The number of carbonyl (C=O) groups is 1. The fourth-order valence-corrected chi connectivity index (χ4v) is 5.07. The Morgan fingerprint density at radius 2 is 2.00 bits per heavy atom. The van der Waals surface area contributed by atoms with Crippen LogP contribution < -0.4 is 14.9 Å². The Bertz CT molecular complexity index is 1560. The number of hydrogen-bond donors (Lipinski definition) is 1. The summed E-state index contributed by atoms with van der Waals surface area (Å²) in [5.74, 6) is 0.0514. The van der Waals surface area contributed by atoms with Crippen molar-refractivity contribution in [2.24, 2.45) is 0 Å². The molecule has 4 aromatic rings. The molecule has 1 atom stereocenters. The summed E-state index contributed by atoms with van der Waals surface area (Å²) in [7, 11) is 0. The molecule has 0 bridgehead atoms. The number of rotatable bonds is 6. The molecule has 0 aliphatic carbocycles. The van der Waals surface area contributed by atoms with E-state index < -0.39 is 11.6 Å². The van der Waals surface area contributed by atoms with E-state index in [1.165, 1.54) is 0 Å². The molecule has 0 radical (unpaired) electrons. The second-order valence-electron chi connectivity index (χ2n) is 9.27. The Morgan fingerprint density at radius 1 is 1.17 bits per heavy atom. The first-order chi connectivity index (χ1) is 17.5. The van der Waals surface area contributed by atoms with Gasteiger partial charge in [0, 0.05) is 35.1 Å². The first-order valence-electron chi connectivity index (χ1n) is 12.2. The van der Waals surface area contributed by atoms with E-state index in [0.29, 0.717) is 35.7 Å². The highest BCUT2D eigenvalue weighted by Gasteiger charge is 2.45. The van der Waals surface area contributed by atoms with Crippen LogP contribution in [0.4, 0.5) is 0 Å². The van der Waals surface area contributed by atoms with Crippen molar-refractivity contribution in [3.8, 4) is 17.1 Å². The lowest BCUT2D eigenvalue weighted by atomic mass is 9.86. The lowest BCUT2D eigenvalue weighted by Crippen LogP contribution is -2.44. The number of esters is 1. The molecule has 1 aromatic carbocycles. The van der Waals surface area contributed by atoms with E-state index in [0.717, 1.165) is 35.2 Å². The quantitative estimate of drug-likeness (QED) is 0.226. The third kappa shape index (κ3) is 3.56. The summed E-state index contributed by atoms with van der Waals surface area (Å²) in [6.45, 7) is 3.41. The average Bonchev–Trinajstić information content (AvgIpc) is 3.26. The van der Waals surface area contributed by atoms with E-state index >= 15 is 0 Å². The van der Waals surface area contributed by atoms with Crippen molar-refractivity contribution < 1.29 is 23.9 Å². The van der Waals surface area contributed by atoms with Gasteiger partial charge in [0.05, 0.1) is 35.6 Å². The van der Waals surface area contributed by atoms with Crippen LogP contribution in [0.5, 0.6) is 5.75 Å². The van der Waals surface area contributed by atoms with E-state index in [4.69, 9.17) is 14.5 Å². The summed E-state index contributed by atoms with van der Waals surface area (Å²) in [4.78, 5) is 30.5. The number of carbonyl (C=O) groups excluding carboxylic acids is 1. The summed E-state index contributed by atoms with van der Waals surface area (Å²) >= 11 is 0. The second kappa shape index (κ2) is 8.57. The number of pyridine rings is 3. The number of aliphatic hydroxyl groups is 1. The molecule has 8 nitrogen and oxygen atoms in total. The van der Waals surface area contributed by atoms with Crippen molar-refractivity contribution in [1.82, 2.24) is 9.55 Å². The summed E-state index contributed by atoms with van der Waals surface area (Å²) in [5, 5.41) is 11.9. The molecule has 8 heteroatoms. The van der Waals surface area contributed by atoms with E-state index in [1.807, 2.05) is 54.9 Å². The van der Waals surface area contributed by atoms with Gasteiger partial charge in [-0.3, -0.25) is 4.79 Å². The maximum atomic E-state index is 13.3. The van der Waals surface area contributed by atoms with Gasteiger partial charge in [-0.05, 0) is 36.8 Å². The summed E-state index contributed by atoms with van der Waals surface area (Å²) in [5.41, 5.74) is 1.55. The fraction of sp³-hybridized carbons (Fsp3) is 0.286. The van der Waals surface area contributed by atoms with Crippen molar-refractivity contribution in [3.05, 3.63) is 88.0 Å². The Kier molecular flexibility index (Phi) is 5.34. The van der Waals surface area contributed by atoms with E-state index in [9.17, 15) is 14.7 Å². The Balaban J connectivity index is 1.29. The predicted octanol–water partition coefficient (Wildman–Crippen LogP) is 2.84. The first kappa shape index (κ1) is 22.4. The molecule has 1 N–H and O–H groups in total. The minimum Gasteiger partial charge on any atom is -0.493 e. The van der Waals surface area contributed by atoms with Crippen molar-refractivity contribution in [2.75, 3.05) is 6.61 Å². The van der Waals surface area contributed by atoms with Crippen LogP contribution in [0.3, 0.4) is 0 Å². The van der Waals surface area contributed by atoms with Crippen LogP contribution in [-0.2, 0) is 34.8 Å². The Morgan fingerprint density at radius 3 is 2.81 bits per heavy atom. The third-order valence-electron chi connectivity index (χ3n) is 7.09. The van der Waals surface area contributed by atoms with Crippen molar-refractivity contribution in [3.63, 3.8) is 0 Å². The van der Waals surface area contributed by atoms with Crippen molar-refractivity contribution >= 4 is 16.9 Å². The van der Waals surface area contributed by atoms with E-state index in [-0.39, 0.29) is 18.6 Å². The van der Waals surface area contributed by atoms with Gasteiger partial charge in [-0.2, -0.15) is 0 Å². The van der Waals surface area contributed by atoms with E-state index in [1.54, 1.807) is 17.6 Å². The van der Waals surface area contributed by atoms with Crippen LogP contribution in [0.2, 0.25) is 0 Å². The molecule has 2 aliphatic heterocycles. The predicted molar refractivity (Wildman–Crippen MR) is 131 cm³/mol. The molecule has 0 amide bonds. The topological polar surface area (TPSA) is 94.5 Å². The van der Waals surface area contributed by atoms with Gasteiger partial charge in [0.25, 0.3) is 5.56 Å². The molecule has 0 saturated carbocycles. The SMILES string of the molecule is CC[C@@]1(O)C(=O)OCc2c1cc1n(c2=O)Cc2cc3cc(OCCC[n+]4ccccc4)ccc3nc2-1. The van der Waals surface area contributed by atoms with Crippen LogP contribution in [0, 0.1) is 0 Å². The Hall–Kier alpha value is -4.04. The fourth-order valence-electron chi connectivity index (χ4n) is 5.07. The molecule has 6 rings (SSSR count). The zero-order valence-corrected chi connectivity index (χ0v) is 19.9. The number of hydrogen-bond acceptors (Lipinski definition) is 6. The normalized spacial score (nSPS) is 17.9. The van der Waals surface area contributed by atoms with Gasteiger partial charge in [0.2, 0.25) is 0 Å². The molecule has 36 heavy (non-hydrogen) atoms. The number of aromatic nitrogens is 3. The highest BCUT2D eigenvalue weighted by Crippen LogP contribution is 2.38. The van der Waals surface area contributed by atoms with Gasteiger partial charge in [-0.1, -0.05) is 13.0 Å². The molecule has 3 aromatic heterocycles. The lowest BCUT2D eigenvalue weighted by molar-refractivity contribution is -0.697. The zero-order chi connectivity index (χ0) is 24.9. The molecule has 2 aliphatic rings. The van der Waals surface area contributed by atoms with Gasteiger partial charge in [0.15, 0.2) is 24.5 Å². The molecule has 0 spiro atoms. The van der Waals surface area contributed by atoms with Gasteiger partial charge < -0.3 is 19.1 Å². The molecule has 0 saturated heterocycles. The second-order valence-corrected chi connectivity index (χ2v) is 9.27. The summed E-state index contributed by atoms with van der Waals surface area (Å²) < 4.78 is 14.9. The van der Waals surface area contributed by atoms with Gasteiger partial charge in [-0.15, -0.1) is 0 Å². The molecule has 0 unspecified atom stereocenters. The van der Waals surface area contributed by atoms with E-state index in [2.05, 4.69) is 4.57 Å².